The van der Waals surface area contributed by atoms with Gasteiger partial charge in [0.15, 0.2) is 0 Å². The minimum atomic E-state index is -1.11. The van der Waals surface area contributed by atoms with Crippen molar-refractivity contribution in [2.45, 2.75) is 38.5 Å². The van der Waals surface area contributed by atoms with Gasteiger partial charge < -0.3 is 29.7 Å². The van der Waals surface area contributed by atoms with E-state index in [0.717, 1.165) is 18.4 Å². The summed E-state index contributed by atoms with van der Waals surface area (Å²) in [6.07, 6.45) is 0.869. The van der Waals surface area contributed by atoms with E-state index in [1.54, 1.807) is 21.1 Å². The first-order valence-electron chi connectivity index (χ1n) is 13.3. The minimum absolute atomic E-state index is 0.0149. The van der Waals surface area contributed by atoms with E-state index in [1.165, 1.54) is 29.3 Å². The van der Waals surface area contributed by atoms with Crippen LogP contribution < -0.4 is 19.5 Å². The number of carboxylic acid groups (broad SMARTS) is 1. The molecule has 0 spiro atoms. The maximum Gasteiger partial charge on any atom is 0.335 e. The first-order valence-corrected chi connectivity index (χ1v) is 13.3. The van der Waals surface area contributed by atoms with Gasteiger partial charge in [-0.3, -0.25) is 9.69 Å². The average Bonchev–Trinajstić information content (AvgIpc) is 3.40. The molecular weight excluding hydrogens is 512 g/mol. The predicted octanol–water partition coefficient (Wildman–Crippen LogP) is 3.56. The number of carbonyl (C=O) groups is 2. The third kappa shape index (κ3) is 6.91. The van der Waals surface area contributed by atoms with Crippen LogP contribution in [0.4, 0.5) is 0 Å². The van der Waals surface area contributed by atoms with Crippen LogP contribution >= 0.6 is 0 Å². The Balaban J connectivity index is 1.48. The van der Waals surface area contributed by atoms with Crippen molar-refractivity contribution in [3.63, 3.8) is 0 Å². The number of hydrogen-bond donors (Lipinski definition) is 3. The number of ether oxygens (including phenoxy) is 3. The molecule has 0 bridgehead atoms. The van der Waals surface area contributed by atoms with Crippen LogP contribution in [0.5, 0.6) is 17.2 Å². The highest BCUT2D eigenvalue weighted by atomic mass is 16.5. The Morgan fingerprint density at radius 2 is 1.73 bits per heavy atom. The van der Waals surface area contributed by atoms with Gasteiger partial charge in [0.05, 0.1) is 38.1 Å². The van der Waals surface area contributed by atoms with Crippen molar-refractivity contribution in [1.29, 1.82) is 0 Å². The summed E-state index contributed by atoms with van der Waals surface area (Å²) in [4.78, 5) is 26.5. The number of aliphatic hydroxyl groups excluding tert-OH is 1. The number of rotatable bonds is 13. The maximum absolute atomic E-state index is 13.0. The maximum atomic E-state index is 13.0. The van der Waals surface area contributed by atoms with E-state index >= 15 is 0 Å². The van der Waals surface area contributed by atoms with Crippen molar-refractivity contribution in [3.8, 4) is 17.2 Å². The smallest absolute Gasteiger partial charge is 0.335 e. The first-order chi connectivity index (χ1) is 19.3. The second kappa shape index (κ2) is 13.3. The summed E-state index contributed by atoms with van der Waals surface area (Å²) in [6.45, 7) is 2.92. The molecule has 40 heavy (non-hydrogen) atoms. The van der Waals surface area contributed by atoms with Gasteiger partial charge in [0.25, 0.3) is 5.91 Å². The molecule has 0 fully saturated rings. The van der Waals surface area contributed by atoms with Gasteiger partial charge in [0, 0.05) is 37.3 Å². The molecule has 0 heterocycles. The monoisotopic (exact) mass is 548 g/mol. The second-order valence-corrected chi connectivity index (χ2v) is 9.75. The van der Waals surface area contributed by atoms with Crippen molar-refractivity contribution in [3.05, 3.63) is 88.5 Å². The van der Waals surface area contributed by atoms with Crippen molar-refractivity contribution < 1.29 is 34.0 Å². The molecule has 9 nitrogen and oxygen atoms in total. The first kappa shape index (κ1) is 28.9. The summed E-state index contributed by atoms with van der Waals surface area (Å²) in [5, 5.41) is 23.1. The number of fused-ring (bicyclic) bond motifs is 1. The Morgan fingerprint density at radius 1 is 1.00 bits per heavy atom. The molecule has 3 N–H and O–H groups in total. The number of carboxylic acids is 1. The number of nitrogens with one attached hydrogen (secondary N) is 1. The van der Waals surface area contributed by atoms with Gasteiger partial charge in [-0.2, -0.15) is 0 Å². The highest BCUT2D eigenvalue weighted by molar-refractivity contribution is 5.98. The fraction of sp³-hybridized carbons (Fsp3) is 0.355. The number of benzene rings is 3. The van der Waals surface area contributed by atoms with Crippen LogP contribution in [0.15, 0.2) is 60.7 Å². The molecule has 3 aromatic carbocycles. The van der Waals surface area contributed by atoms with Crippen molar-refractivity contribution >= 4 is 11.9 Å². The Bertz CT molecular complexity index is 1320. The van der Waals surface area contributed by atoms with Crippen LogP contribution in [0, 0.1) is 0 Å². The highest BCUT2D eigenvalue weighted by Crippen LogP contribution is 2.30. The second-order valence-electron chi connectivity index (χ2n) is 9.75. The van der Waals surface area contributed by atoms with E-state index < -0.39 is 18.0 Å². The molecule has 212 valence electrons. The van der Waals surface area contributed by atoms with E-state index in [9.17, 15) is 19.8 Å². The Kier molecular flexibility index (Phi) is 9.63. The number of aliphatic hydroxyl groups is 1. The fourth-order valence-electron chi connectivity index (χ4n) is 5.10. The van der Waals surface area contributed by atoms with Gasteiger partial charge in [0.2, 0.25) is 0 Å². The van der Waals surface area contributed by atoms with Gasteiger partial charge >= 0.3 is 5.97 Å². The number of hydrogen-bond acceptors (Lipinski definition) is 7. The number of amides is 1. The lowest BCUT2D eigenvalue weighted by Gasteiger charge is -2.31. The van der Waals surface area contributed by atoms with E-state index in [4.69, 9.17) is 14.2 Å². The lowest BCUT2D eigenvalue weighted by atomic mass is 10.1. The Labute approximate surface area is 234 Å². The largest absolute Gasteiger partial charge is 0.497 e. The Hall–Kier alpha value is -4.08. The van der Waals surface area contributed by atoms with Crippen LogP contribution in [-0.4, -0.2) is 73.1 Å². The number of carbonyl (C=O) groups excluding carboxylic acids is 1. The summed E-state index contributed by atoms with van der Waals surface area (Å²) in [5.74, 6) is 0.0373. The Morgan fingerprint density at radius 3 is 2.35 bits per heavy atom. The van der Waals surface area contributed by atoms with Gasteiger partial charge in [-0.05, 0) is 55.2 Å². The normalized spacial score (nSPS) is 13.5. The molecule has 4 rings (SSSR count). The summed E-state index contributed by atoms with van der Waals surface area (Å²) in [7, 11) is 3.23. The highest BCUT2D eigenvalue weighted by Gasteiger charge is 2.29. The molecule has 1 amide bonds. The van der Waals surface area contributed by atoms with Gasteiger partial charge in [0.1, 0.15) is 17.2 Å². The standard InChI is InChI=1S/C31H36N2O7/c1-4-40-29-15-22(31(36)37)10-12-27(29)30(35)32-17-25(34)19-33(24-13-20-7-5-6-8-21(20)14-24)18-23-9-11-26(38-2)16-28(23)39-3/h5-12,15-16,24-25,34H,4,13-14,17-19H2,1-3H3,(H,32,35)(H,36,37). The topological polar surface area (TPSA) is 118 Å². The number of nitrogens with zero attached hydrogens (tertiary/aromatic N) is 1. The van der Waals surface area contributed by atoms with Crippen molar-refractivity contribution in [1.82, 2.24) is 10.2 Å². The lowest BCUT2D eigenvalue weighted by Crippen LogP contribution is -2.44. The van der Waals surface area contributed by atoms with Crippen LogP contribution in [-0.2, 0) is 19.4 Å². The lowest BCUT2D eigenvalue weighted by molar-refractivity contribution is 0.0695. The van der Waals surface area contributed by atoms with E-state index in [2.05, 4.69) is 22.3 Å². The predicted molar refractivity (Wildman–Crippen MR) is 151 cm³/mol. The van der Waals surface area contributed by atoms with Gasteiger partial charge in [-0.15, -0.1) is 0 Å². The zero-order valence-corrected chi connectivity index (χ0v) is 23.1. The molecule has 9 heteroatoms. The third-order valence-electron chi connectivity index (χ3n) is 7.13. The van der Waals surface area contributed by atoms with Crippen molar-refractivity contribution in [2.24, 2.45) is 0 Å². The zero-order valence-electron chi connectivity index (χ0n) is 23.1. The zero-order chi connectivity index (χ0) is 28.6. The van der Waals surface area contributed by atoms with Crippen LogP contribution in [0.25, 0.3) is 0 Å². The molecular formula is C31H36N2O7. The number of aromatic carboxylic acids is 1. The molecule has 0 aliphatic heterocycles. The van der Waals surface area contributed by atoms with E-state index in [0.29, 0.717) is 24.6 Å². The molecule has 0 radical (unpaired) electrons. The minimum Gasteiger partial charge on any atom is -0.497 e. The van der Waals surface area contributed by atoms with E-state index in [-0.39, 0.29) is 36.1 Å². The van der Waals surface area contributed by atoms with Crippen LogP contribution in [0.2, 0.25) is 0 Å². The molecule has 1 unspecified atom stereocenters. The molecule has 0 saturated carbocycles. The molecule has 0 saturated heterocycles. The van der Waals surface area contributed by atoms with Gasteiger partial charge in [-0.1, -0.05) is 30.3 Å². The molecule has 1 aliphatic rings. The quantitative estimate of drug-likeness (QED) is 0.297. The number of methoxy groups -OCH3 is 2. The molecule has 1 atom stereocenters. The summed E-state index contributed by atoms with van der Waals surface area (Å²) >= 11 is 0. The van der Waals surface area contributed by atoms with E-state index in [1.807, 2.05) is 30.3 Å². The fourth-order valence-corrected chi connectivity index (χ4v) is 5.10. The van der Waals surface area contributed by atoms with Crippen LogP contribution in [0.1, 0.15) is 44.3 Å². The molecule has 1 aliphatic carbocycles. The van der Waals surface area contributed by atoms with Crippen molar-refractivity contribution in [2.75, 3.05) is 33.9 Å². The molecule has 3 aromatic rings. The summed E-state index contributed by atoms with van der Waals surface area (Å²) in [6, 6.07) is 18.4. The summed E-state index contributed by atoms with van der Waals surface area (Å²) in [5.41, 5.74) is 3.81. The van der Waals surface area contributed by atoms with Crippen LogP contribution in [0.3, 0.4) is 0 Å². The third-order valence-corrected chi connectivity index (χ3v) is 7.13. The average molecular weight is 549 g/mol. The molecule has 0 aromatic heterocycles. The SMILES string of the molecule is CCOc1cc(C(=O)O)ccc1C(=O)NCC(O)CN(Cc1ccc(OC)cc1OC)C1Cc2ccccc2C1. The summed E-state index contributed by atoms with van der Waals surface area (Å²) < 4.78 is 16.5. The van der Waals surface area contributed by atoms with Gasteiger partial charge in [-0.25, -0.2) is 4.79 Å².